The molecule has 11 heteroatoms. The van der Waals surface area contributed by atoms with Gasteiger partial charge < -0.3 is 9.64 Å². The lowest BCUT2D eigenvalue weighted by Crippen LogP contribution is -2.35. The fourth-order valence-electron chi connectivity index (χ4n) is 4.45. The summed E-state index contributed by atoms with van der Waals surface area (Å²) in [5, 5.41) is 18.8. The molecule has 0 bridgehead atoms. The first kappa shape index (κ1) is 24.8. The van der Waals surface area contributed by atoms with Crippen molar-refractivity contribution in [2.75, 3.05) is 13.1 Å². The molecule has 37 heavy (non-hydrogen) atoms. The number of ether oxygens (including phenoxy) is 1. The number of carbonyl (C=O) groups excluding carboxylic acids is 1. The summed E-state index contributed by atoms with van der Waals surface area (Å²) < 4.78 is 23.5. The van der Waals surface area contributed by atoms with E-state index >= 15 is 0 Å². The Morgan fingerprint density at radius 1 is 1.30 bits per heavy atom. The first-order valence-corrected chi connectivity index (χ1v) is 12.7. The van der Waals surface area contributed by atoms with Gasteiger partial charge in [0.15, 0.2) is 5.82 Å². The molecule has 190 valence electrons. The first-order valence-electron chi connectivity index (χ1n) is 11.9. The van der Waals surface area contributed by atoms with E-state index in [0.29, 0.717) is 29.1 Å². The average molecular weight is 520 g/mol. The number of likely N-dealkylation sites (tertiary alicyclic amines) is 1. The molecule has 5 heterocycles. The Labute approximate surface area is 217 Å². The summed E-state index contributed by atoms with van der Waals surface area (Å²) in [5.41, 5.74) is 3.08. The molecule has 1 atom stereocenters. The van der Waals surface area contributed by atoms with E-state index < -0.39 is 11.4 Å². The zero-order chi connectivity index (χ0) is 26.3. The van der Waals surface area contributed by atoms with Crippen LogP contribution in [0.2, 0.25) is 0 Å². The molecule has 1 fully saturated rings. The molecule has 1 saturated heterocycles. The van der Waals surface area contributed by atoms with Crippen molar-refractivity contribution in [3.63, 3.8) is 0 Å². The quantitative estimate of drug-likeness (QED) is 0.363. The van der Waals surface area contributed by atoms with Crippen LogP contribution in [0, 0.1) is 24.1 Å². The summed E-state index contributed by atoms with van der Waals surface area (Å²) in [6.45, 7) is 8.66. The van der Waals surface area contributed by atoms with Gasteiger partial charge in [-0.05, 0) is 52.3 Å². The Morgan fingerprint density at radius 2 is 2.11 bits per heavy atom. The molecule has 0 aliphatic carbocycles. The zero-order valence-corrected chi connectivity index (χ0v) is 21.8. The maximum absolute atomic E-state index is 14.4. The standard InChI is InChI=1S/C26H26FN7O2S/c1-16-20(13-31-34(16)19-7-9-32(15-19)25(35)36-26(2,3)4)17-10-22(37-24-21(27)6-5-8-29-24)23-18(11-28)12-30-33(23)14-17/h5-6,8,10,12-14,19H,7,9,15H2,1-4H3/t19-/m1/s1. The molecule has 0 unspecified atom stereocenters. The fraction of sp³-hybridized carbons (Fsp3) is 0.346. The van der Waals surface area contributed by atoms with Crippen molar-refractivity contribution in [2.24, 2.45) is 0 Å². The van der Waals surface area contributed by atoms with Gasteiger partial charge in [0.2, 0.25) is 0 Å². The monoisotopic (exact) mass is 519 g/mol. The Bertz CT molecular complexity index is 1530. The number of nitriles is 1. The van der Waals surface area contributed by atoms with E-state index in [1.165, 1.54) is 24.5 Å². The van der Waals surface area contributed by atoms with Gasteiger partial charge in [-0.2, -0.15) is 15.5 Å². The van der Waals surface area contributed by atoms with Gasteiger partial charge in [0, 0.05) is 47.2 Å². The smallest absolute Gasteiger partial charge is 0.410 e. The molecule has 1 aliphatic rings. The second-order valence-electron chi connectivity index (χ2n) is 9.91. The van der Waals surface area contributed by atoms with Crippen molar-refractivity contribution < 1.29 is 13.9 Å². The Morgan fingerprint density at radius 3 is 2.84 bits per heavy atom. The molecule has 1 amide bonds. The molecular weight excluding hydrogens is 493 g/mol. The number of nitrogens with zero attached hydrogens (tertiary/aromatic N) is 7. The molecule has 1 aliphatic heterocycles. The van der Waals surface area contributed by atoms with Gasteiger partial charge in [0.25, 0.3) is 0 Å². The largest absolute Gasteiger partial charge is 0.444 e. The number of carbonyl (C=O) groups is 1. The zero-order valence-electron chi connectivity index (χ0n) is 21.0. The second kappa shape index (κ2) is 9.52. The lowest BCUT2D eigenvalue weighted by Gasteiger charge is -2.24. The van der Waals surface area contributed by atoms with Crippen molar-refractivity contribution >= 4 is 23.4 Å². The summed E-state index contributed by atoms with van der Waals surface area (Å²) in [5.74, 6) is -0.436. The van der Waals surface area contributed by atoms with Gasteiger partial charge in [-0.3, -0.25) is 4.68 Å². The SMILES string of the molecule is Cc1c(-c2cc(Sc3ncccc3F)c3c(C#N)cnn3c2)cnn1[C@@H]1CCN(C(=O)OC(C)(C)C)C1. The summed E-state index contributed by atoms with van der Waals surface area (Å²) in [6.07, 6.45) is 7.11. The average Bonchev–Trinajstić information content (AvgIpc) is 3.57. The van der Waals surface area contributed by atoms with Crippen LogP contribution in [0.5, 0.6) is 0 Å². The van der Waals surface area contributed by atoms with E-state index in [4.69, 9.17) is 4.74 Å². The highest BCUT2D eigenvalue weighted by Crippen LogP contribution is 2.37. The van der Waals surface area contributed by atoms with Crippen LogP contribution in [0.3, 0.4) is 0 Å². The lowest BCUT2D eigenvalue weighted by molar-refractivity contribution is 0.0288. The number of aromatic nitrogens is 5. The lowest BCUT2D eigenvalue weighted by atomic mass is 10.1. The van der Waals surface area contributed by atoms with Crippen LogP contribution in [0.15, 0.2) is 52.9 Å². The molecule has 0 aromatic carbocycles. The molecular formula is C26H26FN7O2S. The third-order valence-electron chi connectivity index (χ3n) is 6.15. The van der Waals surface area contributed by atoms with Crippen molar-refractivity contribution in [3.05, 3.63) is 60.1 Å². The Kier molecular flexibility index (Phi) is 6.37. The molecule has 0 spiro atoms. The number of amides is 1. The molecule has 0 N–H and O–H groups in total. The van der Waals surface area contributed by atoms with Crippen molar-refractivity contribution in [3.8, 4) is 17.2 Å². The predicted octanol–water partition coefficient (Wildman–Crippen LogP) is 5.25. The molecule has 5 rings (SSSR count). The normalized spacial score (nSPS) is 15.8. The number of halogens is 1. The molecule has 9 nitrogen and oxygen atoms in total. The van der Waals surface area contributed by atoms with Crippen LogP contribution in [0.25, 0.3) is 16.6 Å². The van der Waals surface area contributed by atoms with E-state index in [1.54, 1.807) is 15.6 Å². The highest BCUT2D eigenvalue weighted by Gasteiger charge is 2.32. The van der Waals surface area contributed by atoms with Gasteiger partial charge in [0.05, 0.1) is 29.5 Å². The van der Waals surface area contributed by atoms with Crippen LogP contribution in [0.4, 0.5) is 9.18 Å². The van der Waals surface area contributed by atoms with Gasteiger partial charge in [-0.25, -0.2) is 18.7 Å². The van der Waals surface area contributed by atoms with Crippen LogP contribution in [-0.2, 0) is 4.74 Å². The summed E-state index contributed by atoms with van der Waals surface area (Å²) in [4.78, 5) is 19.1. The van der Waals surface area contributed by atoms with E-state index in [-0.39, 0.29) is 17.2 Å². The highest BCUT2D eigenvalue weighted by molar-refractivity contribution is 7.99. The maximum Gasteiger partial charge on any atom is 0.410 e. The first-order chi connectivity index (χ1) is 17.6. The Balaban J connectivity index is 1.47. The number of hydrogen-bond donors (Lipinski definition) is 0. The third-order valence-corrected chi connectivity index (χ3v) is 7.17. The number of fused-ring (bicyclic) bond motifs is 1. The van der Waals surface area contributed by atoms with Gasteiger partial charge in [-0.1, -0.05) is 11.8 Å². The minimum Gasteiger partial charge on any atom is -0.444 e. The van der Waals surface area contributed by atoms with Gasteiger partial charge >= 0.3 is 6.09 Å². The van der Waals surface area contributed by atoms with E-state index in [0.717, 1.165) is 35.0 Å². The summed E-state index contributed by atoms with van der Waals surface area (Å²) >= 11 is 1.15. The van der Waals surface area contributed by atoms with E-state index in [1.807, 2.05) is 44.6 Å². The van der Waals surface area contributed by atoms with Crippen LogP contribution < -0.4 is 0 Å². The topological polar surface area (TPSA) is 101 Å². The minimum atomic E-state index is -0.547. The maximum atomic E-state index is 14.4. The highest BCUT2D eigenvalue weighted by atomic mass is 32.2. The van der Waals surface area contributed by atoms with Crippen molar-refractivity contribution in [1.82, 2.24) is 29.3 Å². The van der Waals surface area contributed by atoms with Gasteiger partial charge in [0.1, 0.15) is 16.7 Å². The van der Waals surface area contributed by atoms with Crippen LogP contribution in [-0.4, -0.2) is 54.1 Å². The van der Waals surface area contributed by atoms with E-state index in [9.17, 15) is 14.4 Å². The molecule has 4 aromatic rings. The molecule has 0 radical (unpaired) electrons. The summed E-state index contributed by atoms with van der Waals surface area (Å²) in [6, 6.07) is 6.99. The van der Waals surface area contributed by atoms with E-state index in [2.05, 4.69) is 21.3 Å². The van der Waals surface area contributed by atoms with Crippen molar-refractivity contribution in [1.29, 1.82) is 5.26 Å². The second-order valence-corrected chi connectivity index (χ2v) is 10.9. The molecule has 4 aromatic heterocycles. The molecule has 0 saturated carbocycles. The number of rotatable bonds is 4. The summed E-state index contributed by atoms with van der Waals surface area (Å²) in [7, 11) is 0. The number of hydrogen-bond acceptors (Lipinski definition) is 7. The Hall–Kier alpha value is -3.91. The number of pyridine rings is 2. The third kappa shape index (κ3) is 4.89. The minimum absolute atomic E-state index is 0.0244. The van der Waals surface area contributed by atoms with Gasteiger partial charge in [-0.15, -0.1) is 0 Å². The van der Waals surface area contributed by atoms with Crippen LogP contribution >= 0.6 is 11.8 Å². The fourth-order valence-corrected chi connectivity index (χ4v) is 5.42. The predicted molar refractivity (Wildman–Crippen MR) is 136 cm³/mol. The van der Waals surface area contributed by atoms with Crippen LogP contribution in [0.1, 0.15) is 44.5 Å². The van der Waals surface area contributed by atoms with Crippen molar-refractivity contribution in [2.45, 2.75) is 55.7 Å².